The Hall–Kier alpha value is -0.480. The second-order valence-electron chi connectivity index (χ2n) is 3.24. The summed E-state index contributed by atoms with van der Waals surface area (Å²) in [7, 11) is 0. The standard InChI is InChI=1S/C9H9BrClNO2/c10-6-3-4-12(5-6)9(13)7-1-2-8(11)14-7/h1-2,6H,3-5H2. The summed E-state index contributed by atoms with van der Waals surface area (Å²) >= 11 is 9.07. The van der Waals surface area contributed by atoms with Gasteiger partial charge in [-0.2, -0.15) is 0 Å². The number of amides is 1. The van der Waals surface area contributed by atoms with Crippen molar-refractivity contribution in [3.8, 4) is 0 Å². The molecule has 5 heteroatoms. The highest BCUT2D eigenvalue weighted by Crippen LogP contribution is 2.21. The summed E-state index contributed by atoms with van der Waals surface area (Å²) in [5, 5.41) is 0.253. The van der Waals surface area contributed by atoms with E-state index in [2.05, 4.69) is 15.9 Å². The molecule has 1 saturated heterocycles. The molecule has 1 atom stereocenters. The summed E-state index contributed by atoms with van der Waals surface area (Å²) in [4.78, 5) is 13.9. The van der Waals surface area contributed by atoms with Crippen molar-refractivity contribution < 1.29 is 9.21 Å². The van der Waals surface area contributed by atoms with E-state index in [1.807, 2.05) is 0 Å². The van der Waals surface area contributed by atoms with Crippen LogP contribution in [-0.2, 0) is 0 Å². The Bertz CT molecular complexity index is 352. The average Bonchev–Trinajstić information content (AvgIpc) is 2.73. The summed E-state index contributed by atoms with van der Waals surface area (Å²) in [6.07, 6.45) is 0.986. The Morgan fingerprint density at radius 2 is 2.43 bits per heavy atom. The Kier molecular flexibility index (Phi) is 2.83. The van der Waals surface area contributed by atoms with E-state index in [9.17, 15) is 4.79 Å². The van der Waals surface area contributed by atoms with Gasteiger partial charge in [0, 0.05) is 17.9 Å². The number of halogens is 2. The third-order valence-corrected chi connectivity index (χ3v) is 3.15. The van der Waals surface area contributed by atoms with Gasteiger partial charge in [-0.15, -0.1) is 0 Å². The summed E-state index contributed by atoms with van der Waals surface area (Å²) in [6, 6.07) is 3.18. The number of hydrogen-bond donors (Lipinski definition) is 0. The molecule has 0 N–H and O–H groups in total. The van der Waals surface area contributed by atoms with E-state index < -0.39 is 0 Å². The van der Waals surface area contributed by atoms with E-state index >= 15 is 0 Å². The first kappa shape index (κ1) is 10.1. The lowest BCUT2D eigenvalue weighted by molar-refractivity contribution is 0.0762. The van der Waals surface area contributed by atoms with Crippen molar-refractivity contribution >= 4 is 33.4 Å². The summed E-state index contributed by atoms with van der Waals surface area (Å²) in [5.74, 6) is 0.232. The van der Waals surface area contributed by atoms with E-state index in [0.717, 1.165) is 19.5 Å². The molecule has 1 aliphatic rings. The lowest BCUT2D eigenvalue weighted by Gasteiger charge is -2.12. The minimum Gasteiger partial charge on any atom is -0.440 e. The molecule has 2 rings (SSSR count). The van der Waals surface area contributed by atoms with Crippen LogP contribution in [0.4, 0.5) is 0 Å². The number of nitrogens with zero attached hydrogens (tertiary/aromatic N) is 1. The van der Waals surface area contributed by atoms with Crippen molar-refractivity contribution in [3.05, 3.63) is 23.1 Å². The first-order chi connectivity index (χ1) is 6.66. The Labute approximate surface area is 95.1 Å². The van der Waals surface area contributed by atoms with Gasteiger partial charge in [0.25, 0.3) is 5.91 Å². The quantitative estimate of drug-likeness (QED) is 0.740. The average molecular weight is 279 g/mol. The third-order valence-electron chi connectivity index (χ3n) is 2.20. The van der Waals surface area contributed by atoms with Crippen LogP contribution in [0.15, 0.2) is 16.5 Å². The van der Waals surface area contributed by atoms with Gasteiger partial charge in [-0.3, -0.25) is 4.79 Å². The monoisotopic (exact) mass is 277 g/mol. The van der Waals surface area contributed by atoms with Crippen molar-refractivity contribution in [2.45, 2.75) is 11.2 Å². The highest BCUT2D eigenvalue weighted by atomic mass is 79.9. The van der Waals surface area contributed by atoms with Gasteiger partial charge in [0.1, 0.15) is 0 Å². The predicted molar refractivity (Wildman–Crippen MR) is 57.0 cm³/mol. The van der Waals surface area contributed by atoms with Crippen LogP contribution in [0.5, 0.6) is 0 Å². The zero-order valence-electron chi connectivity index (χ0n) is 7.37. The minimum atomic E-state index is -0.0844. The molecule has 0 radical (unpaired) electrons. The fraction of sp³-hybridized carbons (Fsp3) is 0.444. The van der Waals surface area contributed by atoms with Crippen molar-refractivity contribution in [3.63, 3.8) is 0 Å². The summed E-state index contributed by atoms with van der Waals surface area (Å²) in [6.45, 7) is 1.50. The van der Waals surface area contributed by atoms with Crippen LogP contribution < -0.4 is 0 Å². The van der Waals surface area contributed by atoms with Crippen LogP contribution in [0.3, 0.4) is 0 Å². The van der Waals surface area contributed by atoms with Gasteiger partial charge in [0.2, 0.25) is 0 Å². The molecule has 1 aromatic heterocycles. The van der Waals surface area contributed by atoms with Crippen molar-refractivity contribution in [1.82, 2.24) is 4.90 Å². The second-order valence-corrected chi connectivity index (χ2v) is 4.91. The largest absolute Gasteiger partial charge is 0.440 e. The molecular weight excluding hydrogens is 269 g/mol. The minimum absolute atomic E-state index is 0.0844. The predicted octanol–water partition coefficient (Wildman–Crippen LogP) is 2.54. The summed E-state index contributed by atoms with van der Waals surface area (Å²) in [5.41, 5.74) is 0. The van der Waals surface area contributed by atoms with E-state index in [1.54, 1.807) is 17.0 Å². The molecule has 0 aromatic carbocycles. The van der Waals surface area contributed by atoms with Gasteiger partial charge in [-0.25, -0.2) is 0 Å². The molecule has 1 unspecified atom stereocenters. The normalized spacial score (nSPS) is 21.6. The van der Waals surface area contributed by atoms with E-state index in [1.165, 1.54) is 0 Å². The maximum absolute atomic E-state index is 11.8. The number of furan rings is 1. The molecule has 1 aliphatic heterocycles. The molecular formula is C9H9BrClNO2. The molecule has 2 heterocycles. The number of carbonyl (C=O) groups excluding carboxylic acids is 1. The highest BCUT2D eigenvalue weighted by molar-refractivity contribution is 9.09. The topological polar surface area (TPSA) is 33.5 Å². The van der Waals surface area contributed by atoms with Crippen LogP contribution in [0.25, 0.3) is 0 Å². The van der Waals surface area contributed by atoms with Crippen LogP contribution in [0.2, 0.25) is 5.22 Å². The fourth-order valence-electron chi connectivity index (χ4n) is 1.49. The molecule has 1 fully saturated rings. The molecule has 0 aliphatic carbocycles. The number of alkyl halides is 1. The fourth-order valence-corrected chi connectivity index (χ4v) is 2.19. The zero-order valence-corrected chi connectivity index (χ0v) is 9.71. The smallest absolute Gasteiger partial charge is 0.289 e. The third kappa shape index (κ3) is 1.96. The maximum atomic E-state index is 11.8. The molecule has 76 valence electrons. The van der Waals surface area contributed by atoms with Gasteiger partial charge in [0.05, 0.1) is 0 Å². The number of hydrogen-bond acceptors (Lipinski definition) is 2. The number of carbonyl (C=O) groups is 1. The lowest BCUT2D eigenvalue weighted by Crippen LogP contribution is -2.28. The molecule has 0 saturated carbocycles. The zero-order chi connectivity index (χ0) is 10.1. The molecule has 1 aromatic rings. The van der Waals surface area contributed by atoms with E-state index in [-0.39, 0.29) is 11.1 Å². The van der Waals surface area contributed by atoms with Crippen LogP contribution in [0.1, 0.15) is 17.0 Å². The van der Waals surface area contributed by atoms with Gasteiger partial charge in [-0.1, -0.05) is 15.9 Å². The number of likely N-dealkylation sites (tertiary alicyclic amines) is 1. The van der Waals surface area contributed by atoms with E-state index in [0.29, 0.717) is 10.6 Å². The highest BCUT2D eigenvalue weighted by Gasteiger charge is 2.26. The Morgan fingerprint density at radius 3 is 2.93 bits per heavy atom. The summed E-state index contributed by atoms with van der Waals surface area (Å²) < 4.78 is 5.05. The molecule has 1 amide bonds. The van der Waals surface area contributed by atoms with Gasteiger partial charge < -0.3 is 9.32 Å². The molecule has 0 bridgehead atoms. The van der Waals surface area contributed by atoms with Gasteiger partial charge in [0.15, 0.2) is 11.0 Å². The van der Waals surface area contributed by atoms with Crippen LogP contribution in [-0.4, -0.2) is 28.7 Å². The second kappa shape index (κ2) is 3.95. The lowest BCUT2D eigenvalue weighted by atomic mass is 10.4. The SMILES string of the molecule is O=C(c1ccc(Cl)o1)N1CCC(Br)C1. The van der Waals surface area contributed by atoms with E-state index in [4.69, 9.17) is 16.0 Å². The number of rotatable bonds is 1. The van der Waals surface area contributed by atoms with Gasteiger partial charge in [-0.05, 0) is 30.2 Å². The van der Waals surface area contributed by atoms with Crippen molar-refractivity contribution in [2.24, 2.45) is 0 Å². The molecule has 3 nitrogen and oxygen atoms in total. The molecule has 0 spiro atoms. The van der Waals surface area contributed by atoms with Crippen LogP contribution in [0, 0.1) is 0 Å². The Morgan fingerprint density at radius 1 is 1.64 bits per heavy atom. The van der Waals surface area contributed by atoms with Gasteiger partial charge >= 0.3 is 0 Å². The van der Waals surface area contributed by atoms with Crippen molar-refractivity contribution in [2.75, 3.05) is 13.1 Å². The Balaban J connectivity index is 2.09. The first-order valence-corrected chi connectivity index (χ1v) is 5.65. The van der Waals surface area contributed by atoms with Crippen molar-refractivity contribution in [1.29, 1.82) is 0 Å². The van der Waals surface area contributed by atoms with Crippen LogP contribution >= 0.6 is 27.5 Å². The molecule has 14 heavy (non-hydrogen) atoms. The first-order valence-electron chi connectivity index (χ1n) is 4.35. The maximum Gasteiger partial charge on any atom is 0.289 e.